The standard InChI is InChI=1S/C23H21FN6O/c24-15-6-3-5-14(11-15)12-26-21-16-7-1-2-9-18(16)28-22(29-21)23-27-13-19-17(20(25)31)8-4-10-30(19)23/h3-6,8,10-11,13H,1-2,7,9,12H2,(H2,25,31)(H,26,28,29). The van der Waals surface area contributed by atoms with Crippen LogP contribution in [-0.4, -0.2) is 25.3 Å². The van der Waals surface area contributed by atoms with E-state index >= 15 is 0 Å². The molecule has 3 N–H and O–H groups in total. The lowest BCUT2D eigenvalue weighted by Gasteiger charge is -2.20. The number of carbonyl (C=O) groups excluding carboxylic acids is 1. The van der Waals surface area contributed by atoms with Crippen LogP contribution in [0, 0.1) is 5.82 Å². The van der Waals surface area contributed by atoms with Crippen molar-refractivity contribution in [2.24, 2.45) is 5.73 Å². The summed E-state index contributed by atoms with van der Waals surface area (Å²) in [6.07, 6.45) is 7.34. The quantitative estimate of drug-likeness (QED) is 0.519. The maximum Gasteiger partial charge on any atom is 0.250 e. The number of fused-ring (bicyclic) bond motifs is 2. The number of imidazole rings is 1. The highest BCUT2D eigenvalue weighted by molar-refractivity contribution is 5.99. The third kappa shape index (κ3) is 3.61. The molecule has 1 aliphatic carbocycles. The van der Waals surface area contributed by atoms with Crippen LogP contribution >= 0.6 is 0 Å². The first kappa shape index (κ1) is 19.2. The molecule has 0 unspecified atom stereocenters. The molecule has 4 aromatic rings. The molecule has 0 fully saturated rings. The van der Waals surface area contributed by atoms with E-state index in [1.807, 2.05) is 12.3 Å². The van der Waals surface area contributed by atoms with Crippen molar-refractivity contribution < 1.29 is 9.18 Å². The highest BCUT2D eigenvalue weighted by atomic mass is 19.1. The molecule has 1 aliphatic rings. The molecular formula is C23H21FN6O. The van der Waals surface area contributed by atoms with Crippen molar-refractivity contribution in [3.05, 3.63) is 77.0 Å². The number of aryl methyl sites for hydroxylation is 1. The Kier molecular flexibility index (Phi) is 4.82. The summed E-state index contributed by atoms with van der Waals surface area (Å²) in [6, 6.07) is 9.92. The van der Waals surface area contributed by atoms with E-state index in [0.717, 1.165) is 48.3 Å². The normalized spacial score (nSPS) is 13.2. The van der Waals surface area contributed by atoms with Crippen LogP contribution in [-0.2, 0) is 19.4 Å². The van der Waals surface area contributed by atoms with Crippen molar-refractivity contribution in [1.82, 2.24) is 19.4 Å². The second-order valence-electron chi connectivity index (χ2n) is 7.63. The van der Waals surface area contributed by atoms with Crippen molar-refractivity contribution in [3.63, 3.8) is 0 Å². The van der Waals surface area contributed by atoms with Gasteiger partial charge < -0.3 is 11.1 Å². The summed E-state index contributed by atoms with van der Waals surface area (Å²) in [5.74, 6) is 0.982. The Bertz CT molecular complexity index is 1300. The predicted octanol–water partition coefficient (Wildman–Crippen LogP) is 3.52. The van der Waals surface area contributed by atoms with Crippen molar-refractivity contribution in [3.8, 4) is 11.6 Å². The molecule has 31 heavy (non-hydrogen) atoms. The monoisotopic (exact) mass is 416 g/mol. The van der Waals surface area contributed by atoms with Crippen LogP contribution in [0.3, 0.4) is 0 Å². The van der Waals surface area contributed by atoms with Crippen LogP contribution in [0.5, 0.6) is 0 Å². The van der Waals surface area contributed by atoms with Crippen LogP contribution < -0.4 is 11.1 Å². The van der Waals surface area contributed by atoms with E-state index in [4.69, 9.17) is 15.7 Å². The molecule has 1 aromatic carbocycles. The molecule has 3 heterocycles. The second-order valence-corrected chi connectivity index (χ2v) is 7.63. The number of amides is 1. The number of carbonyl (C=O) groups is 1. The van der Waals surface area contributed by atoms with Gasteiger partial charge in [-0.15, -0.1) is 0 Å². The van der Waals surface area contributed by atoms with Crippen LogP contribution in [0.15, 0.2) is 48.8 Å². The Morgan fingerprint density at radius 1 is 1.16 bits per heavy atom. The lowest BCUT2D eigenvalue weighted by Crippen LogP contribution is -2.14. The zero-order chi connectivity index (χ0) is 21.4. The van der Waals surface area contributed by atoms with Gasteiger partial charge in [-0.2, -0.15) is 0 Å². The van der Waals surface area contributed by atoms with Crippen LogP contribution in [0.25, 0.3) is 17.2 Å². The first-order chi connectivity index (χ1) is 15.1. The molecule has 7 nitrogen and oxygen atoms in total. The van der Waals surface area contributed by atoms with E-state index in [0.29, 0.717) is 29.3 Å². The topological polar surface area (TPSA) is 98.2 Å². The van der Waals surface area contributed by atoms with E-state index in [-0.39, 0.29) is 5.82 Å². The number of nitrogens with zero attached hydrogens (tertiary/aromatic N) is 4. The molecular weight excluding hydrogens is 395 g/mol. The van der Waals surface area contributed by atoms with Crippen LogP contribution in [0.4, 0.5) is 10.2 Å². The summed E-state index contributed by atoms with van der Waals surface area (Å²) in [5.41, 5.74) is 9.44. The average molecular weight is 416 g/mol. The summed E-state index contributed by atoms with van der Waals surface area (Å²) in [5, 5.41) is 3.37. The molecule has 0 bridgehead atoms. The highest BCUT2D eigenvalue weighted by Gasteiger charge is 2.21. The molecule has 0 atom stereocenters. The van der Waals surface area contributed by atoms with Crippen LogP contribution in [0.2, 0.25) is 0 Å². The summed E-state index contributed by atoms with van der Waals surface area (Å²) in [7, 11) is 0. The fraction of sp³-hybridized carbons (Fsp3) is 0.217. The zero-order valence-electron chi connectivity index (χ0n) is 16.8. The van der Waals surface area contributed by atoms with Crippen molar-refractivity contribution in [2.45, 2.75) is 32.2 Å². The zero-order valence-corrected chi connectivity index (χ0v) is 16.8. The van der Waals surface area contributed by atoms with Gasteiger partial charge in [0.25, 0.3) is 5.91 Å². The van der Waals surface area contributed by atoms with Gasteiger partial charge in [0.15, 0.2) is 11.6 Å². The fourth-order valence-electron chi connectivity index (χ4n) is 4.07. The smallest absolute Gasteiger partial charge is 0.250 e. The number of aromatic nitrogens is 4. The van der Waals surface area contributed by atoms with E-state index in [2.05, 4.69) is 10.3 Å². The van der Waals surface area contributed by atoms with Crippen molar-refractivity contribution in [2.75, 3.05) is 5.32 Å². The minimum Gasteiger partial charge on any atom is -0.366 e. The molecule has 0 aliphatic heterocycles. The number of primary amides is 1. The first-order valence-electron chi connectivity index (χ1n) is 10.2. The third-order valence-electron chi connectivity index (χ3n) is 5.57. The van der Waals surface area contributed by atoms with Gasteiger partial charge in [-0.3, -0.25) is 9.20 Å². The summed E-state index contributed by atoms with van der Waals surface area (Å²) in [6.45, 7) is 0.453. The molecule has 8 heteroatoms. The number of nitrogens with two attached hydrogens (primary N) is 1. The summed E-state index contributed by atoms with van der Waals surface area (Å²) >= 11 is 0. The van der Waals surface area contributed by atoms with Crippen LogP contribution in [0.1, 0.15) is 40.0 Å². The summed E-state index contributed by atoms with van der Waals surface area (Å²) in [4.78, 5) is 25.8. The number of pyridine rings is 1. The molecule has 0 saturated heterocycles. The largest absolute Gasteiger partial charge is 0.366 e. The van der Waals surface area contributed by atoms with Gasteiger partial charge in [0, 0.05) is 24.0 Å². The molecule has 0 radical (unpaired) electrons. The second kappa shape index (κ2) is 7.79. The number of hydrogen-bond acceptors (Lipinski definition) is 5. The Balaban J connectivity index is 1.57. The minimum atomic E-state index is -0.513. The van der Waals surface area contributed by atoms with Gasteiger partial charge in [0.05, 0.1) is 17.3 Å². The lowest BCUT2D eigenvalue weighted by molar-refractivity contribution is 0.100. The Hall–Kier alpha value is -3.81. The summed E-state index contributed by atoms with van der Waals surface area (Å²) < 4.78 is 15.3. The highest BCUT2D eigenvalue weighted by Crippen LogP contribution is 2.29. The SMILES string of the molecule is NC(=O)c1cccn2c(-c3nc4c(c(NCc5cccc(F)c5)n3)CCCC4)ncc12. The maximum absolute atomic E-state index is 13.6. The average Bonchev–Trinajstić information content (AvgIpc) is 3.21. The fourth-order valence-corrected chi connectivity index (χ4v) is 4.07. The van der Waals surface area contributed by atoms with E-state index in [1.165, 1.54) is 12.1 Å². The Morgan fingerprint density at radius 2 is 2.03 bits per heavy atom. The van der Waals surface area contributed by atoms with E-state index in [1.54, 1.807) is 28.8 Å². The molecule has 5 rings (SSSR count). The third-order valence-corrected chi connectivity index (χ3v) is 5.57. The molecule has 3 aromatic heterocycles. The first-order valence-corrected chi connectivity index (χ1v) is 10.2. The number of hydrogen-bond donors (Lipinski definition) is 2. The van der Waals surface area contributed by atoms with Gasteiger partial charge in [0.1, 0.15) is 11.6 Å². The van der Waals surface area contributed by atoms with Gasteiger partial charge in [0.2, 0.25) is 0 Å². The number of halogens is 1. The molecule has 156 valence electrons. The Morgan fingerprint density at radius 3 is 2.87 bits per heavy atom. The van der Waals surface area contributed by atoms with Gasteiger partial charge in [-0.25, -0.2) is 19.3 Å². The number of rotatable bonds is 5. The van der Waals surface area contributed by atoms with Gasteiger partial charge in [-0.05, 0) is 55.5 Å². The lowest BCUT2D eigenvalue weighted by atomic mass is 9.96. The van der Waals surface area contributed by atoms with Crippen molar-refractivity contribution in [1.29, 1.82) is 0 Å². The van der Waals surface area contributed by atoms with Gasteiger partial charge >= 0.3 is 0 Å². The van der Waals surface area contributed by atoms with Gasteiger partial charge in [-0.1, -0.05) is 12.1 Å². The molecule has 0 saturated carbocycles. The number of benzene rings is 1. The predicted molar refractivity (Wildman–Crippen MR) is 115 cm³/mol. The number of anilines is 1. The number of nitrogens with one attached hydrogen (secondary N) is 1. The Labute approximate surface area is 178 Å². The minimum absolute atomic E-state index is 0.265. The van der Waals surface area contributed by atoms with E-state index in [9.17, 15) is 9.18 Å². The van der Waals surface area contributed by atoms with E-state index < -0.39 is 5.91 Å². The molecule has 0 spiro atoms. The molecule has 1 amide bonds. The van der Waals surface area contributed by atoms with Crippen molar-refractivity contribution >= 4 is 17.2 Å². The maximum atomic E-state index is 13.6.